The van der Waals surface area contributed by atoms with Gasteiger partial charge >= 0.3 is 0 Å². The van der Waals surface area contributed by atoms with E-state index in [2.05, 4.69) is 15.3 Å². The fourth-order valence-corrected chi connectivity index (χ4v) is 1.82. The molecule has 0 atom stereocenters. The van der Waals surface area contributed by atoms with Crippen molar-refractivity contribution in [3.8, 4) is 0 Å². The first-order chi connectivity index (χ1) is 9.20. The van der Waals surface area contributed by atoms with Gasteiger partial charge in [0.25, 0.3) is 5.69 Å². The van der Waals surface area contributed by atoms with Gasteiger partial charge in [0.15, 0.2) is 0 Å². The summed E-state index contributed by atoms with van der Waals surface area (Å²) < 4.78 is 0. The van der Waals surface area contributed by atoms with Gasteiger partial charge in [0.05, 0.1) is 16.0 Å². The van der Waals surface area contributed by atoms with Crippen LogP contribution in [-0.4, -0.2) is 33.1 Å². The molecule has 0 spiro atoms. The number of nitrogens with zero attached hydrogens (tertiary/aromatic N) is 2. The second kappa shape index (κ2) is 6.14. The zero-order valence-corrected chi connectivity index (χ0v) is 10.4. The number of benzene rings is 1. The molecule has 0 saturated carbocycles. The zero-order valence-electron chi connectivity index (χ0n) is 10.4. The van der Waals surface area contributed by atoms with Crippen molar-refractivity contribution in [2.45, 2.75) is 19.3 Å². The van der Waals surface area contributed by atoms with E-state index in [-0.39, 0.29) is 12.3 Å². The number of nitro benzene ring substituents is 1. The largest absolute Gasteiger partial charge is 0.396 e. The van der Waals surface area contributed by atoms with E-state index in [0.29, 0.717) is 17.0 Å². The smallest absolute Gasteiger partial charge is 0.271 e. The molecule has 3 N–H and O–H groups in total. The molecule has 0 aliphatic heterocycles. The van der Waals surface area contributed by atoms with Crippen molar-refractivity contribution in [2.24, 2.45) is 0 Å². The summed E-state index contributed by atoms with van der Waals surface area (Å²) in [6, 6.07) is 4.54. The van der Waals surface area contributed by atoms with Crippen LogP contribution in [0.5, 0.6) is 0 Å². The van der Waals surface area contributed by atoms with Crippen LogP contribution in [0.15, 0.2) is 18.2 Å². The molecule has 2 aromatic rings. The number of aliphatic hydroxyl groups excluding tert-OH is 1. The second-order valence-corrected chi connectivity index (χ2v) is 4.26. The van der Waals surface area contributed by atoms with Gasteiger partial charge in [-0.15, -0.1) is 0 Å². The molecule has 1 aromatic heterocycles. The number of rotatable bonds is 7. The fourth-order valence-electron chi connectivity index (χ4n) is 1.82. The number of non-ortho nitro benzene ring substituents is 1. The van der Waals surface area contributed by atoms with Crippen LogP contribution >= 0.6 is 0 Å². The lowest BCUT2D eigenvalue weighted by Gasteiger charge is -2.01. The Morgan fingerprint density at radius 1 is 1.37 bits per heavy atom. The van der Waals surface area contributed by atoms with Crippen LogP contribution in [-0.2, 0) is 0 Å². The summed E-state index contributed by atoms with van der Waals surface area (Å²) in [6.45, 7) is 0.968. The lowest BCUT2D eigenvalue weighted by molar-refractivity contribution is -0.384. The van der Waals surface area contributed by atoms with E-state index in [1.54, 1.807) is 6.07 Å². The zero-order chi connectivity index (χ0) is 13.7. The molecule has 0 amide bonds. The van der Waals surface area contributed by atoms with E-state index in [4.69, 9.17) is 5.11 Å². The van der Waals surface area contributed by atoms with Crippen molar-refractivity contribution in [3.63, 3.8) is 0 Å². The molecule has 7 heteroatoms. The number of aromatic amines is 1. The number of hydrogen-bond acceptors (Lipinski definition) is 5. The standard InChI is InChI=1S/C12H16N4O3/c17-7-3-1-2-6-13-12-14-10-5-4-9(16(18)19)8-11(10)15-12/h4-5,8,17H,1-3,6-7H2,(H2,13,14,15). The Bertz CT molecular complexity index is 567. The summed E-state index contributed by atoms with van der Waals surface area (Å²) in [6.07, 6.45) is 2.70. The van der Waals surface area contributed by atoms with Crippen LogP contribution in [0.4, 0.5) is 11.6 Å². The molecule has 0 bridgehead atoms. The third kappa shape index (κ3) is 3.41. The Morgan fingerprint density at radius 2 is 2.21 bits per heavy atom. The van der Waals surface area contributed by atoms with Crippen molar-refractivity contribution >= 4 is 22.7 Å². The number of nitro groups is 1. The molecular formula is C12H16N4O3. The maximum atomic E-state index is 10.7. The molecule has 7 nitrogen and oxygen atoms in total. The van der Waals surface area contributed by atoms with Crippen LogP contribution in [0.25, 0.3) is 11.0 Å². The average Bonchev–Trinajstić information content (AvgIpc) is 2.80. The number of nitrogens with one attached hydrogen (secondary N) is 2. The summed E-state index contributed by atoms with van der Waals surface area (Å²) in [5.41, 5.74) is 1.39. The van der Waals surface area contributed by atoms with Crippen LogP contribution < -0.4 is 5.32 Å². The molecule has 0 radical (unpaired) electrons. The van der Waals surface area contributed by atoms with Gasteiger partial charge in [-0.25, -0.2) is 4.98 Å². The molecule has 1 aromatic carbocycles. The number of hydrogen-bond donors (Lipinski definition) is 3. The van der Waals surface area contributed by atoms with Crippen molar-refractivity contribution < 1.29 is 10.0 Å². The minimum atomic E-state index is -0.428. The Balaban J connectivity index is 1.99. The van der Waals surface area contributed by atoms with Crippen LogP contribution in [0.3, 0.4) is 0 Å². The van der Waals surface area contributed by atoms with E-state index in [1.165, 1.54) is 12.1 Å². The van der Waals surface area contributed by atoms with Gasteiger partial charge in [0.1, 0.15) is 0 Å². The molecule has 0 unspecified atom stereocenters. The molecule has 0 saturated heterocycles. The second-order valence-electron chi connectivity index (χ2n) is 4.26. The summed E-state index contributed by atoms with van der Waals surface area (Å²) in [4.78, 5) is 17.5. The third-order valence-electron chi connectivity index (χ3n) is 2.80. The molecule has 19 heavy (non-hydrogen) atoms. The summed E-state index contributed by atoms with van der Waals surface area (Å²) in [7, 11) is 0. The van der Waals surface area contributed by atoms with Crippen molar-refractivity contribution in [1.29, 1.82) is 0 Å². The van der Waals surface area contributed by atoms with Crippen LogP contribution in [0, 0.1) is 10.1 Å². The maximum absolute atomic E-state index is 10.7. The maximum Gasteiger partial charge on any atom is 0.271 e. The topological polar surface area (TPSA) is 104 Å². The monoisotopic (exact) mass is 264 g/mol. The normalized spacial score (nSPS) is 10.8. The van der Waals surface area contributed by atoms with E-state index in [1.807, 2.05) is 0 Å². The van der Waals surface area contributed by atoms with Crippen molar-refractivity contribution in [3.05, 3.63) is 28.3 Å². The summed E-state index contributed by atoms with van der Waals surface area (Å²) >= 11 is 0. The first kappa shape index (κ1) is 13.3. The SMILES string of the molecule is O=[N+]([O-])c1ccc2nc(NCCCCCO)[nH]c2c1. The molecule has 0 fully saturated rings. The Kier molecular flexibility index (Phi) is 4.30. The lowest BCUT2D eigenvalue weighted by Crippen LogP contribution is -2.03. The molecule has 2 rings (SSSR count). The predicted molar refractivity (Wildman–Crippen MR) is 72.2 cm³/mol. The minimum Gasteiger partial charge on any atom is -0.396 e. The van der Waals surface area contributed by atoms with Gasteiger partial charge in [0, 0.05) is 25.3 Å². The van der Waals surface area contributed by atoms with Crippen LogP contribution in [0.2, 0.25) is 0 Å². The number of fused-ring (bicyclic) bond motifs is 1. The highest BCUT2D eigenvalue weighted by Gasteiger charge is 2.09. The van der Waals surface area contributed by atoms with Gasteiger partial charge in [-0.3, -0.25) is 10.1 Å². The number of aliphatic hydroxyl groups is 1. The molecule has 102 valence electrons. The molecule has 0 aliphatic carbocycles. The first-order valence-electron chi connectivity index (χ1n) is 6.19. The van der Waals surface area contributed by atoms with E-state index in [9.17, 15) is 10.1 Å². The van der Waals surface area contributed by atoms with Gasteiger partial charge in [-0.1, -0.05) is 0 Å². The lowest BCUT2D eigenvalue weighted by atomic mass is 10.2. The van der Waals surface area contributed by atoms with Crippen LogP contribution in [0.1, 0.15) is 19.3 Å². The highest BCUT2D eigenvalue weighted by Crippen LogP contribution is 2.20. The summed E-state index contributed by atoms with van der Waals surface area (Å²) in [5.74, 6) is 0.611. The van der Waals surface area contributed by atoms with E-state index >= 15 is 0 Å². The predicted octanol–water partition coefficient (Wildman–Crippen LogP) is 2.05. The first-order valence-corrected chi connectivity index (χ1v) is 6.19. The Hall–Kier alpha value is -2.15. The number of imidazole rings is 1. The van der Waals surface area contributed by atoms with Crippen molar-refractivity contribution in [1.82, 2.24) is 9.97 Å². The van der Waals surface area contributed by atoms with E-state index < -0.39 is 4.92 Å². The number of aromatic nitrogens is 2. The average molecular weight is 264 g/mol. The molecular weight excluding hydrogens is 248 g/mol. The quantitative estimate of drug-likeness (QED) is 0.403. The van der Waals surface area contributed by atoms with Gasteiger partial charge in [0.2, 0.25) is 5.95 Å². The highest BCUT2D eigenvalue weighted by atomic mass is 16.6. The van der Waals surface area contributed by atoms with Crippen molar-refractivity contribution in [2.75, 3.05) is 18.5 Å². The Labute approximate surface area is 109 Å². The number of H-pyrrole nitrogens is 1. The number of anilines is 1. The highest BCUT2D eigenvalue weighted by molar-refractivity contribution is 5.79. The summed E-state index contributed by atoms with van der Waals surface area (Å²) in [5, 5.41) is 22.4. The van der Waals surface area contributed by atoms with Gasteiger partial charge in [-0.2, -0.15) is 0 Å². The molecule has 0 aliphatic rings. The minimum absolute atomic E-state index is 0.0469. The molecule has 1 heterocycles. The fraction of sp³-hybridized carbons (Fsp3) is 0.417. The van der Waals surface area contributed by atoms with Gasteiger partial charge in [-0.05, 0) is 25.3 Å². The number of unbranched alkanes of at least 4 members (excludes halogenated alkanes) is 2. The van der Waals surface area contributed by atoms with E-state index in [0.717, 1.165) is 25.8 Å². The van der Waals surface area contributed by atoms with Gasteiger partial charge < -0.3 is 15.4 Å². The Morgan fingerprint density at radius 3 is 2.95 bits per heavy atom. The third-order valence-corrected chi connectivity index (χ3v) is 2.80.